The van der Waals surface area contributed by atoms with E-state index in [4.69, 9.17) is 0 Å². The summed E-state index contributed by atoms with van der Waals surface area (Å²) in [4.78, 5) is 18.5. The molecule has 0 spiro atoms. The highest BCUT2D eigenvalue weighted by atomic mass is 32.2. The normalized spacial score (nSPS) is 21.9. The Morgan fingerprint density at radius 2 is 1.60 bits per heavy atom. The third kappa shape index (κ3) is 5.17. The number of amides is 2. The Bertz CT molecular complexity index is 683. The van der Waals surface area contributed by atoms with Gasteiger partial charge in [-0.25, -0.2) is 13.2 Å². The van der Waals surface area contributed by atoms with Crippen molar-refractivity contribution in [2.75, 3.05) is 63.1 Å². The Hall–Kier alpha value is -1.64. The Balaban J connectivity index is 1.50. The topological polar surface area (TPSA) is 73.0 Å². The van der Waals surface area contributed by atoms with E-state index < -0.39 is 9.84 Å². The maximum Gasteiger partial charge on any atom is 0.321 e. The van der Waals surface area contributed by atoms with Crippen molar-refractivity contribution in [1.29, 1.82) is 0 Å². The van der Waals surface area contributed by atoms with Gasteiger partial charge in [-0.2, -0.15) is 0 Å². The van der Waals surface area contributed by atoms with E-state index >= 15 is 0 Å². The highest BCUT2D eigenvalue weighted by molar-refractivity contribution is 7.91. The molecule has 2 heterocycles. The summed E-state index contributed by atoms with van der Waals surface area (Å²) in [7, 11) is -0.829. The number of urea groups is 1. The molecule has 1 aromatic carbocycles. The number of nitrogens with zero attached hydrogens (tertiary/aromatic N) is 3. The van der Waals surface area contributed by atoms with Crippen LogP contribution in [0, 0.1) is 0 Å². The number of hydrogen-bond acceptors (Lipinski definition) is 5. The molecule has 138 valence electrons. The molecule has 7 nitrogen and oxygen atoms in total. The second kappa shape index (κ2) is 7.72. The predicted molar refractivity (Wildman–Crippen MR) is 98.5 cm³/mol. The van der Waals surface area contributed by atoms with Crippen LogP contribution in [0.15, 0.2) is 24.3 Å². The molecule has 1 aromatic rings. The molecule has 8 heteroatoms. The average molecular weight is 366 g/mol. The van der Waals surface area contributed by atoms with Crippen LogP contribution in [0.4, 0.5) is 10.5 Å². The monoisotopic (exact) mass is 366 g/mol. The van der Waals surface area contributed by atoms with Crippen LogP contribution in [0.5, 0.6) is 0 Å². The zero-order chi connectivity index (χ0) is 17.9. The van der Waals surface area contributed by atoms with Gasteiger partial charge in [0.1, 0.15) is 0 Å². The third-order valence-corrected chi connectivity index (χ3v) is 6.45. The Labute approximate surface area is 149 Å². The van der Waals surface area contributed by atoms with Crippen molar-refractivity contribution in [1.82, 2.24) is 14.7 Å². The van der Waals surface area contributed by atoms with Crippen molar-refractivity contribution in [2.24, 2.45) is 0 Å². The van der Waals surface area contributed by atoms with E-state index in [2.05, 4.69) is 22.2 Å². The van der Waals surface area contributed by atoms with Crippen LogP contribution >= 0.6 is 0 Å². The summed E-state index contributed by atoms with van der Waals surface area (Å²) in [5.41, 5.74) is 1.96. The largest absolute Gasteiger partial charge is 0.322 e. The molecule has 2 fully saturated rings. The number of sulfone groups is 1. The number of carbonyl (C=O) groups is 1. The fraction of sp³-hybridized carbons (Fsp3) is 0.588. The van der Waals surface area contributed by atoms with E-state index in [-0.39, 0.29) is 30.6 Å². The maximum atomic E-state index is 12.2. The summed E-state index contributed by atoms with van der Waals surface area (Å²) in [5, 5.41) is 2.85. The summed E-state index contributed by atoms with van der Waals surface area (Å²) < 4.78 is 22.9. The molecule has 25 heavy (non-hydrogen) atoms. The molecule has 3 rings (SSSR count). The number of likely N-dealkylation sites (N-methyl/N-ethyl adjacent to an activating group) is 1. The first-order chi connectivity index (χ1) is 11.9. The summed E-state index contributed by atoms with van der Waals surface area (Å²) in [6.45, 7) is 5.79. The van der Waals surface area contributed by atoms with Crippen LogP contribution in [0.1, 0.15) is 5.56 Å². The minimum atomic E-state index is -2.97. The van der Waals surface area contributed by atoms with Crippen LogP contribution in [-0.4, -0.2) is 87.0 Å². The number of nitrogens with one attached hydrogen (secondary N) is 1. The van der Waals surface area contributed by atoms with Crippen LogP contribution < -0.4 is 5.32 Å². The molecular formula is C17H26N4O3S. The molecule has 0 atom stereocenters. The fourth-order valence-electron chi connectivity index (χ4n) is 3.08. The highest BCUT2D eigenvalue weighted by Gasteiger charge is 2.25. The Morgan fingerprint density at radius 1 is 1.00 bits per heavy atom. The molecule has 0 unspecified atom stereocenters. The lowest BCUT2D eigenvalue weighted by molar-refractivity contribution is 0.148. The Morgan fingerprint density at radius 3 is 2.20 bits per heavy atom. The van der Waals surface area contributed by atoms with Crippen molar-refractivity contribution in [3.05, 3.63) is 29.8 Å². The van der Waals surface area contributed by atoms with Gasteiger partial charge < -0.3 is 15.1 Å². The minimum absolute atomic E-state index is 0.0460. The van der Waals surface area contributed by atoms with Gasteiger partial charge in [-0.15, -0.1) is 0 Å². The van der Waals surface area contributed by atoms with Gasteiger partial charge in [0, 0.05) is 51.5 Å². The van der Waals surface area contributed by atoms with Gasteiger partial charge in [0.25, 0.3) is 0 Å². The third-order valence-electron chi connectivity index (χ3n) is 4.84. The second-order valence-electron chi connectivity index (χ2n) is 6.85. The number of rotatable bonds is 3. The zero-order valence-corrected chi connectivity index (χ0v) is 15.5. The molecule has 0 saturated carbocycles. The molecular weight excluding hydrogens is 340 g/mol. The lowest BCUT2D eigenvalue weighted by Crippen LogP contribution is -2.45. The SMILES string of the molecule is CN1CCN(Cc2ccc(NC(=O)N3CCS(=O)(=O)CC3)cc2)CC1. The van der Waals surface area contributed by atoms with Crippen molar-refractivity contribution in [2.45, 2.75) is 6.54 Å². The van der Waals surface area contributed by atoms with Gasteiger partial charge >= 0.3 is 6.03 Å². The van der Waals surface area contributed by atoms with Crippen LogP contribution in [-0.2, 0) is 16.4 Å². The highest BCUT2D eigenvalue weighted by Crippen LogP contribution is 2.14. The quantitative estimate of drug-likeness (QED) is 0.852. The molecule has 0 bridgehead atoms. The number of benzene rings is 1. The fourth-order valence-corrected chi connectivity index (χ4v) is 4.28. The molecule has 2 saturated heterocycles. The van der Waals surface area contributed by atoms with Crippen LogP contribution in [0.3, 0.4) is 0 Å². The van der Waals surface area contributed by atoms with Crippen molar-refractivity contribution in [3.63, 3.8) is 0 Å². The van der Waals surface area contributed by atoms with Gasteiger partial charge in [0.2, 0.25) is 0 Å². The van der Waals surface area contributed by atoms with Crippen LogP contribution in [0.25, 0.3) is 0 Å². The summed E-state index contributed by atoms with van der Waals surface area (Å²) in [6.07, 6.45) is 0. The van der Waals surface area contributed by atoms with E-state index in [1.165, 1.54) is 5.56 Å². The van der Waals surface area contributed by atoms with Gasteiger partial charge in [0.05, 0.1) is 11.5 Å². The molecule has 2 aliphatic heterocycles. The number of carbonyl (C=O) groups excluding carboxylic acids is 1. The zero-order valence-electron chi connectivity index (χ0n) is 14.6. The molecule has 2 aliphatic rings. The van der Waals surface area contributed by atoms with Gasteiger partial charge in [0.15, 0.2) is 9.84 Å². The van der Waals surface area contributed by atoms with Gasteiger partial charge in [-0.05, 0) is 24.7 Å². The lowest BCUT2D eigenvalue weighted by atomic mass is 10.2. The molecule has 0 radical (unpaired) electrons. The smallest absolute Gasteiger partial charge is 0.321 e. The number of anilines is 1. The standard InChI is InChI=1S/C17H26N4O3S/c1-19-6-8-20(9-7-19)14-15-2-4-16(5-3-15)18-17(22)21-10-12-25(23,24)13-11-21/h2-5H,6-14H2,1H3,(H,18,22). The van der Waals surface area contributed by atoms with E-state index in [1.54, 1.807) is 4.90 Å². The van der Waals surface area contributed by atoms with E-state index in [1.807, 2.05) is 24.3 Å². The minimum Gasteiger partial charge on any atom is -0.322 e. The lowest BCUT2D eigenvalue weighted by Gasteiger charge is -2.32. The molecule has 1 N–H and O–H groups in total. The summed E-state index contributed by atoms with van der Waals surface area (Å²) in [6, 6.07) is 7.65. The van der Waals surface area contributed by atoms with Crippen LogP contribution in [0.2, 0.25) is 0 Å². The van der Waals surface area contributed by atoms with Gasteiger partial charge in [-0.1, -0.05) is 12.1 Å². The van der Waals surface area contributed by atoms with Gasteiger partial charge in [-0.3, -0.25) is 4.90 Å². The van der Waals surface area contributed by atoms with Crippen molar-refractivity contribution < 1.29 is 13.2 Å². The first-order valence-electron chi connectivity index (χ1n) is 8.67. The summed E-state index contributed by atoms with van der Waals surface area (Å²) >= 11 is 0. The van der Waals surface area contributed by atoms with E-state index in [0.717, 1.165) is 38.4 Å². The molecule has 0 aromatic heterocycles. The first-order valence-corrected chi connectivity index (χ1v) is 10.5. The Kier molecular flexibility index (Phi) is 5.61. The summed E-state index contributed by atoms with van der Waals surface area (Å²) in [5.74, 6) is 0.0920. The number of hydrogen-bond donors (Lipinski definition) is 1. The van der Waals surface area contributed by atoms with E-state index in [9.17, 15) is 13.2 Å². The van der Waals surface area contributed by atoms with E-state index in [0.29, 0.717) is 0 Å². The molecule has 2 amide bonds. The molecule has 0 aliphatic carbocycles. The first kappa shape index (κ1) is 18.2. The maximum absolute atomic E-state index is 12.2. The number of piperazine rings is 1. The average Bonchev–Trinajstić information content (AvgIpc) is 2.58. The predicted octanol–water partition coefficient (Wildman–Crippen LogP) is 0.696. The second-order valence-corrected chi connectivity index (χ2v) is 9.15. The van der Waals surface area contributed by atoms with Crippen molar-refractivity contribution in [3.8, 4) is 0 Å². The van der Waals surface area contributed by atoms with Crippen molar-refractivity contribution >= 4 is 21.6 Å².